The van der Waals surface area contributed by atoms with Crippen LogP contribution in [0.15, 0.2) is 233 Å². The van der Waals surface area contributed by atoms with Crippen molar-refractivity contribution in [2.75, 3.05) is 4.90 Å². The number of para-hydroxylation sites is 2. The number of rotatable bonds is 6. The van der Waals surface area contributed by atoms with Crippen LogP contribution in [-0.4, -0.2) is 0 Å². The maximum Gasteiger partial charge on any atom is 0.143 e. The van der Waals surface area contributed by atoms with Crippen LogP contribution in [0.4, 0.5) is 17.1 Å². The van der Waals surface area contributed by atoms with E-state index < -0.39 is 0 Å². The van der Waals surface area contributed by atoms with Crippen molar-refractivity contribution in [3.63, 3.8) is 0 Å². The van der Waals surface area contributed by atoms with Gasteiger partial charge in [-0.15, -0.1) is 0 Å². The summed E-state index contributed by atoms with van der Waals surface area (Å²) >= 11 is 0. The fourth-order valence-electron chi connectivity index (χ4n) is 9.90. The minimum atomic E-state index is 0.873. The van der Waals surface area contributed by atoms with Crippen molar-refractivity contribution in [2.45, 2.75) is 0 Å². The first kappa shape index (κ1) is 35.4. The first-order valence-corrected chi connectivity index (χ1v) is 21.5. The summed E-state index contributed by atoms with van der Waals surface area (Å²) in [4.78, 5) is 2.39. The van der Waals surface area contributed by atoms with Crippen molar-refractivity contribution in [1.29, 1.82) is 0 Å². The van der Waals surface area contributed by atoms with Gasteiger partial charge in [-0.25, -0.2) is 0 Å². The molecule has 13 aromatic rings. The van der Waals surface area contributed by atoms with Gasteiger partial charge in [0.15, 0.2) is 0 Å². The lowest BCUT2D eigenvalue weighted by molar-refractivity contribution is 0.669. The number of furan rings is 2. The predicted octanol–water partition coefficient (Wildman–Crippen LogP) is 17.4. The van der Waals surface area contributed by atoms with Gasteiger partial charge in [0.25, 0.3) is 0 Å². The van der Waals surface area contributed by atoms with Crippen molar-refractivity contribution in [1.82, 2.24) is 0 Å². The highest BCUT2D eigenvalue weighted by Crippen LogP contribution is 2.47. The van der Waals surface area contributed by atoms with Crippen LogP contribution in [0.3, 0.4) is 0 Å². The SMILES string of the molecule is c1ccc(N(c2ccc(-c3ccc4c(ccc5ccccc54)c3)cc2)c2ccc(-c3cccc4oc5ccccc5c34)cc2)c(-c2cccc3oc4c5ccccc5ccc4c23)c1. The molecule has 0 fully saturated rings. The van der Waals surface area contributed by atoms with E-state index in [-0.39, 0.29) is 0 Å². The average molecular weight is 804 g/mol. The fraction of sp³-hybridized carbons (Fsp3) is 0. The van der Waals surface area contributed by atoms with Crippen LogP contribution in [0, 0.1) is 0 Å². The molecule has 0 N–H and O–H groups in total. The van der Waals surface area contributed by atoms with Crippen LogP contribution < -0.4 is 4.90 Å². The lowest BCUT2D eigenvalue weighted by atomic mass is 9.95. The van der Waals surface area contributed by atoms with Gasteiger partial charge < -0.3 is 13.7 Å². The van der Waals surface area contributed by atoms with E-state index in [0.29, 0.717) is 0 Å². The highest BCUT2D eigenvalue weighted by atomic mass is 16.3. The normalized spacial score (nSPS) is 11.8. The highest BCUT2D eigenvalue weighted by molar-refractivity contribution is 6.20. The Bertz CT molecular complexity index is 3910. The standard InChI is InChI=1S/C60H37NO2/c1-3-13-46-39(11-1)23-24-43-37-42(30-35-47(43)46)38-25-31-44(32-26-38)61(45-33-27-41(28-34-45)48-17-9-21-56-58(48)52-16-6-8-20-55(52)62-56)54-19-7-5-15-50(54)51-18-10-22-57-59(51)53-36-29-40-12-2-4-14-49(40)60(53)63-57/h1-37H. The van der Waals surface area contributed by atoms with E-state index in [1.807, 2.05) is 12.1 Å². The van der Waals surface area contributed by atoms with Gasteiger partial charge in [0, 0.05) is 43.9 Å². The monoisotopic (exact) mass is 803 g/mol. The molecule has 63 heavy (non-hydrogen) atoms. The zero-order chi connectivity index (χ0) is 41.4. The van der Waals surface area contributed by atoms with E-state index in [2.05, 4.69) is 217 Å². The first-order chi connectivity index (χ1) is 31.2. The zero-order valence-corrected chi connectivity index (χ0v) is 34.1. The van der Waals surface area contributed by atoms with Crippen LogP contribution in [0.5, 0.6) is 0 Å². The largest absolute Gasteiger partial charge is 0.456 e. The minimum Gasteiger partial charge on any atom is -0.456 e. The molecule has 0 spiro atoms. The van der Waals surface area contributed by atoms with Crippen LogP contribution in [0.2, 0.25) is 0 Å². The third kappa shape index (κ3) is 5.67. The van der Waals surface area contributed by atoms with Gasteiger partial charge in [-0.2, -0.15) is 0 Å². The molecule has 0 atom stereocenters. The molecule has 13 rings (SSSR count). The van der Waals surface area contributed by atoms with Gasteiger partial charge in [0.05, 0.1) is 5.69 Å². The molecule has 0 aliphatic heterocycles. The third-order valence-corrected chi connectivity index (χ3v) is 12.9. The second kappa shape index (κ2) is 14.1. The van der Waals surface area contributed by atoms with Crippen molar-refractivity contribution in [3.05, 3.63) is 224 Å². The lowest BCUT2D eigenvalue weighted by Gasteiger charge is -2.28. The molecule has 0 amide bonds. The van der Waals surface area contributed by atoms with Crippen molar-refractivity contribution < 1.29 is 8.83 Å². The summed E-state index contributed by atoms with van der Waals surface area (Å²) in [6.45, 7) is 0. The van der Waals surface area contributed by atoms with Crippen molar-refractivity contribution in [3.8, 4) is 33.4 Å². The molecular formula is C60H37NO2. The molecule has 0 radical (unpaired) electrons. The molecule has 0 aliphatic carbocycles. The summed E-state index contributed by atoms with van der Waals surface area (Å²) < 4.78 is 13.0. The second-order valence-electron chi connectivity index (χ2n) is 16.4. The molecule has 2 aromatic heterocycles. The number of nitrogens with zero attached hydrogens (tertiary/aromatic N) is 1. The molecule has 0 bridgehead atoms. The quantitative estimate of drug-likeness (QED) is 0.157. The topological polar surface area (TPSA) is 29.5 Å². The molecule has 0 aliphatic rings. The van der Waals surface area contributed by atoms with E-state index in [9.17, 15) is 0 Å². The fourth-order valence-corrected chi connectivity index (χ4v) is 9.90. The third-order valence-electron chi connectivity index (χ3n) is 12.9. The zero-order valence-electron chi connectivity index (χ0n) is 34.1. The summed E-state index contributed by atoms with van der Waals surface area (Å²) in [5, 5.41) is 11.8. The molecule has 3 nitrogen and oxygen atoms in total. The number of hydrogen-bond acceptors (Lipinski definition) is 3. The van der Waals surface area contributed by atoms with Gasteiger partial charge in [0.2, 0.25) is 0 Å². The van der Waals surface area contributed by atoms with Gasteiger partial charge in [-0.05, 0) is 115 Å². The van der Waals surface area contributed by atoms with Crippen molar-refractivity contribution in [2.24, 2.45) is 0 Å². The molecule has 0 unspecified atom stereocenters. The number of hydrogen-bond donors (Lipinski definition) is 0. The Kier molecular flexibility index (Phi) is 7.91. The summed E-state index contributed by atoms with van der Waals surface area (Å²) in [5.41, 5.74) is 13.6. The molecular weight excluding hydrogens is 767 g/mol. The Morgan fingerprint density at radius 3 is 1.62 bits per heavy atom. The van der Waals surface area contributed by atoms with Crippen molar-refractivity contribution >= 4 is 93.3 Å². The Balaban J connectivity index is 0.970. The van der Waals surface area contributed by atoms with Gasteiger partial charge in [0.1, 0.15) is 22.3 Å². The minimum absolute atomic E-state index is 0.873. The Morgan fingerprint density at radius 2 is 0.810 bits per heavy atom. The number of fused-ring (bicyclic) bond motifs is 11. The summed E-state index contributed by atoms with van der Waals surface area (Å²) in [6.07, 6.45) is 0. The van der Waals surface area contributed by atoms with E-state index in [1.54, 1.807) is 0 Å². The first-order valence-electron chi connectivity index (χ1n) is 21.5. The van der Waals surface area contributed by atoms with E-state index in [1.165, 1.54) is 38.1 Å². The van der Waals surface area contributed by atoms with Crippen LogP contribution >= 0.6 is 0 Å². The Labute approximate surface area is 363 Å². The predicted molar refractivity (Wildman–Crippen MR) is 265 cm³/mol. The van der Waals surface area contributed by atoms with Gasteiger partial charge >= 0.3 is 0 Å². The second-order valence-corrected chi connectivity index (χ2v) is 16.4. The van der Waals surface area contributed by atoms with E-state index >= 15 is 0 Å². The maximum absolute atomic E-state index is 6.69. The lowest BCUT2D eigenvalue weighted by Crippen LogP contribution is -2.11. The summed E-state index contributed by atoms with van der Waals surface area (Å²) in [7, 11) is 0. The molecule has 2 heterocycles. The smallest absolute Gasteiger partial charge is 0.143 e. The maximum atomic E-state index is 6.69. The number of anilines is 3. The summed E-state index contributed by atoms with van der Waals surface area (Å²) in [6, 6.07) is 80.5. The van der Waals surface area contributed by atoms with Gasteiger partial charge in [-0.1, -0.05) is 164 Å². The molecule has 294 valence electrons. The molecule has 3 heteroatoms. The van der Waals surface area contributed by atoms with Gasteiger partial charge in [-0.3, -0.25) is 0 Å². The molecule has 0 saturated heterocycles. The number of benzene rings is 11. The average Bonchev–Trinajstić information content (AvgIpc) is 3.94. The van der Waals surface area contributed by atoms with E-state index in [0.717, 1.165) is 88.6 Å². The Hall–Kier alpha value is -8.40. The highest BCUT2D eigenvalue weighted by Gasteiger charge is 2.22. The van der Waals surface area contributed by atoms with Crippen LogP contribution in [0.1, 0.15) is 0 Å². The molecule has 0 saturated carbocycles. The molecule has 11 aromatic carbocycles. The van der Waals surface area contributed by atoms with E-state index in [4.69, 9.17) is 8.83 Å². The Morgan fingerprint density at radius 1 is 0.286 bits per heavy atom. The van der Waals surface area contributed by atoms with Crippen LogP contribution in [0.25, 0.3) is 110 Å². The van der Waals surface area contributed by atoms with Crippen LogP contribution in [-0.2, 0) is 0 Å². The summed E-state index contributed by atoms with van der Waals surface area (Å²) in [5.74, 6) is 0.